The van der Waals surface area contributed by atoms with Gasteiger partial charge in [-0.25, -0.2) is 0 Å². The number of esters is 1. The molecule has 0 bridgehead atoms. The number of nitrogens with one attached hydrogen (secondary N) is 1. The third kappa shape index (κ3) is 5.14. The van der Waals surface area contributed by atoms with Crippen molar-refractivity contribution in [1.29, 1.82) is 0 Å². The zero-order valence-corrected chi connectivity index (χ0v) is 17.3. The van der Waals surface area contributed by atoms with Crippen LogP contribution in [0.5, 0.6) is 5.75 Å². The van der Waals surface area contributed by atoms with E-state index in [-0.39, 0.29) is 13.0 Å². The number of carbonyl (C=O) groups is 3. The van der Waals surface area contributed by atoms with Crippen molar-refractivity contribution in [3.63, 3.8) is 0 Å². The van der Waals surface area contributed by atoms with Crippen molar-refractivity contribution < 1.29 is 23.9 Å². The maximum atomic E-state index is 12.1. The molecule has 2 amide bonds. The molecule has 0 aliphatic heterocycles. The lowest BCUT2D eigenvalue weighted by molar-refractivity contribution is -0.147. The second-order valence-electron chi connectivity index (χ2n) is 7.00. The van der Waals surface area contributed by atoms with Crippen LogP contribution >= 0.6 is 11.3 Å². The first kappa shape index (κ1) is 20.9. The SMILES string of the molecule is Cc1ccc(C)c(OCCC(=O)OCC(=O)Nc2sc3c(c2C(N)=O)CCC3)c1. The van der Waals surface area contributed by atoms with E-state index in [9.17, 15) is 14.4 Å². The molecule has 1 aromatic heterocycles. The van der Waals surface area contributed by atoms with Crippen molar-refractivity contribution in [2.75, 3.05) is 18.5 Å². The molecule has 2 aromatic rings. The molecule has 7 nitrogen and oxygen atoms in total. The number of amides is 2. The molecule has 0 fully saturated rings. The molecule has 3 rings (SSSR count). The number of benzene rings is 1. The van der Waals surface area contributed by atoms with E-state index in [0.717, 1.165) is 46.6 Å². The van der Waals surface area contributed by atoms with Gasteiger partial charge in [-0.15, -0.1) is 11.3 Å². The van der Waals surface area contributed by atoms with Gasteiger partial charge in [0, 0.05) is 4.88 Å². The Morgan fingerprint density at radius 2 is 2.00 bits per heavy atom. The third-order valence-electron chi connectivity index (χ3n) is 4.69. The van der Waals surface area contributed by atoms with Crippen LogP contribution in [-0.2, 0) is 27.2 Å². The van der Waals surface area contributed by atoms with E-state index in [2.05, 4.69) is 5.32 Å². The van der Waals surface area contributed by atoms with Crippen molar-refractivity contribution in [2.45, 2.75) is 39.5 Å². The lowest BCUT2D eigenvalue weighted by Gasteiger charge is -2.10. The van der Waals surface area contributed by atoms with Crippen LogP contribution in [0.3, 0.4) is 0 Å². The third-order valence-corrected chi connectivity index (χ3v) is 5.90. The summed E-state index contributed by atoms with van der Waals surface area (Å²) in [5.74, 6) is -0.869. The molecule has 154 valence electrons. The molecule has 0 atom stereocenters. The molecule has 0 spiro atoms. The van der Waals surface area contributed by atoms with E-state index < -0.39 is 24.4 Å². The fraction of sp³-hybridized carbons (Fsp3) is 0.381. The average Bonchev–Trinajstić information content (AvgIpc) is 3.23. The predicted octanol–water partition coefficient (Wildman–Crippen LogP) is 2.90. The van der Waals surface area contributed by atoms with Gasteiger partial charge in [-0.3, -0.25) is 14.4 Å². The number of hydrogen-bond donors (Lipinski definition) is 2. The molecular formula is C21H24N2O5S. The van der Waals surface area contributed by atoms with Crippen LogP contribution in [0.4, 0.5) is 5.00 Å². The van der Waals surface area contributed by atoms with E-state index in [0.29, 0.717) is 10.6 Å². The molecule has 1 aliphatic rings. The molecule has 8 heteroatoms. The van der Waals surface area contributed by atoms with Crippen molar-refractivity contribution in [1.82, 2.24) is 0 Å². The Labute approximate surface area is 173 Å². The maximum Gasteiger partial charge on any atom is 0.309 e. The molecule has 3 N–H and O–H groups in total. The summed E-state index contributed by atoms with van der Waals surface area (Å²) in [5.41, 5.74) is 8.83. The number of carbonyl (C=O) groups excluding carboxylic acids is 3. The number of aryl methyl sites for hydroxylation is 3. The maximum absolute atomic E-state index is 12.1. The largest absolute Gasteiger partial charge is 0.493 e. The number of fused-ring (bicyclic) bond motifs is 1. The van der Waals surface area contributed by atoms with Gasteiger partial charge in [0.2, 0.25) is 0 Å². The van der Waals surface area contributed by atoms with Crippen molar-refractivity contribution >= 4 is 34.1 Å². The van der Waals surface area contributed by atoms with Gasteiger partial charge in [0.15, 0.2) is 6.61 Å². The normalized spacial score (nSPS) is 12.3. The molecule has 1 aliphatic carbocycles. The van der Waals surface area contributed by atoms with Crippen LogP contribution in [0.15, 0.2) is 18.2 Å². The van der Waals surface area contributed by atoms with Crippen LogP contribution in [0, 0.1) is 13.8 Å². The van der Waals surface area contributed by atoms with Crippen molar-refractivity contribution in [3.8, 4) is 5.75 Å². The number of thiophene rings is 1. The molecule has 1 heterocycles. The van der Waals surface area contributed by atoms with Crippen LogP contribution < -0.4 is 15.8 Å². The van der Waals surface area contributed by atoms with Gasteiger partial charge in [-0.1, -0.05) is 12.1 Å². The average molecular weight is 416 g/mol. The van der Waals surface area contributed by atoms with Crippen molar-refractivity contribution in [2.24, 2.45) is 5.73 Å². The van der Waals surface area contributed by atoms with Gasteiger partial charge in [-0.2, -0.15) is 0 Å². The first-order valence-corrected chi connectivity index (χ1v) is 10.3. The van der Waals surface area contributed by atoms with Gasteiger partial charge >= 0.3 is 5.97 Å². The van der Waals surface area contributed by atoms with Gasteiger partial charge in [0.05, 0.1) is 18.6 Å². The summed E-state index contributed by atoms with van der Waals surface area (Å²) < 4.78 is 10.6. The second kappa shape index (κ2) is 9.09. The minimum Gasteiger partial charge on any atom is -0.493 e. The number of hydrogen-bond acceptors (Lipinski definition) is 6. The highest BCUT2D eigenvalue weighted by atomic mass is 32.1. The molecule has 0 saturated heterocycles. The Kier molecular flexibility index (Phi) is 6.53. The summed E-state index contributed by atoms with van der Waals surface area (Å²) >= 11 is 1.36. The molecule has 1 aromatic carbocycles. The Hall–Kier alpha value is -2.87. The summed E-state index contributed by atoms with van der Waals surface area (Å²) in [4.78, 5) is 36.8. The first-order valence-electron chi connectivity index (χ1n) is 9.45. The van der Waals surface area contributed by atoms with Crippen LogP contribution in [-0.4, -0.2) is 31.0 Å². The summed E-state index contributed by atoms with van der Waals surface area (Å²) in [6.45, 7) is 3.63. The van der Waals surface area contributed by atoms with Crippen LogP contribution in [0.2, 0.25) is 0 Å². The monoisotopic (exact) mass is 416 g/mol. The smallest absolute Gasteiger partial charge is 0.309 e. The van der Waals surface area contributed by atoms with Crippen LogP contribution in [0.1, 0.15) is 44.8 Å². The van der Waals surface area contributed by atoms with E-state index in [1.807, 2.05) is 32.0 Å². The van der Waals surface area contributed by atoms with E-state index in [1.54, 1.807) is 0 Å². The van der Waals surface area contributed by atoms with Gasteiger partial charge < -0.3 is 20.5 Å². The van der Waals surface area contributed by atoms with E-state index >= 15 is 0 Å². The van der Waals surface area contributed by atoms with Gasteiger partial charge in [-0.05, 0) is 55.9 Å². The minimum atomic E-state index is -0.555. The highest BCUT2D eigenvalue weighted by Gasteiger charge is 2.26. The van der Waals surface area contributed by atoms with Gasteiger partial charge in [0.1, 0.15) is 10.8 Å². The quantitative estimate of drug-likeness (QED) is 0.644. The molecule has 0 radical (unpaired) electrons. The first-order chi connectivity index (χ1) is 13.8. The fourth-order valence-corrected chi connectivity index (χ4v) is 4.55. The summed E-state index contributed by atoms with van der Waals surface area (Å²) in [7, 11) is 0. The Morgan fingerprint density at radius 1 is 1.21 bits per heavy atom. The van der Waals surface area contributed by atoms with Gasteiger partial charge in [0.25, 0.3) is 11.8 Å². The highest BCUT2D eigenvalue weighted by Crippen LogP contribution is 2.38. The summed E-state index contributed by atoms with van der Waals surface area (Å²) in [6.07, 6.45) is 2.68. The Bertz CT molecular complexity index is 951. The molecular weight excluding hydrogens is 392 g/mol. The summed E-state index contributed by atoms with van der Waals surface area (Å²) in [5, 5.41) is 3.07. The Morgan fingerprint density at radius 3 is 2.76 bits per heavy atom. The zero-order valence-electron chi connectivity index (χ0n) is 16.5. The number of rotatable bonds is 8. The van der Waals surface area contributed by atoms with Crippen molar-refractivity contribution in [3.05, 3.63) is 45.3 Å². The standard InChI is InChI=1S/C21H24N2O5S/c1-12-6-7-13(2)15(10-12)27-9-8-18(25)28-11-17(24)23-21-19(20(22)26)14-4-3-5-16(14)29-21/h6-7,10H,3-5,8-9,11H2,1-2H3,(H2,22,26)(H,23,24). The zero-order chi connectivity index (χ0) is 21.0. The second-order valence-corrected chi connectivity index (χ2v) is 8.11. The lowest BCUT2D eigenvalue weighted by Crippen LogP contribution is -2.23. The minimum absolute atomic E-state index is 0.0283. The topological polar surface area (TPSA) is 108 Å². The molecule has 0 unspecified atom stereocenters. The number of nitrogens with two attached hydrogens (primary N) is 1. The number of ether oxygens (including phenoxy) is 2. The Balaban J connectivity index is 1.45. The lowest BCUT2D eigenvalue weighted by atomic mass is 10.1. The number of primary amides is 1. The molecule has 29 heavy (non-hydrogen) atoms. The van der Waals surface area contributed by atoms with E-state index in [4.69, 9.17) is 15.2 Å². The highest BCUT2D eigenvalue weighted by molar-refractivity contribution is 7.17. The van der Waals surface area contributed by atoms with Crippen LogP contribution in [0.25, 0.3) is 0 Å². The fourth-order valence-electron chi connectivity index (χ4n) is 3.24. The molecule has 0 saturated carbocycles. The summed E-state index contributed by atoms with van der Waals surface area (Å²) in [6, 6.07) is 5.85. The predicted molar refractivity (Wildman–Crippen MR) is 110 cm³/mol. The van der Waals surface area contributed by atoms with E-state index in [1.165, 1.54) is 11.3 Å². The number of anilines is 1.